The Labute approximate surface area is 207 Å². The molecule has 3 amide bonds. The fourth-order valence-electron chi connectivity index (χ4n) is 3.92. The highest BCUT2D eigenvalue weighted by atomic mass is 35.5. The van der Waals surface area contributed by atoms with E-state index in [1.54, 1.807) is 42.5 Å². The second-order valence-corrected chi connectivity index (χ2v) is 8.91. The maximum absolute atomic E-state index is 13.0. The molecule has 6 nitrogen and oxygen atoms in total. The molecular formula is C26H23Cl2N3O3. The molecule has 8 heteroatoms. The third-order valence-electron chi connectivity index (χ3n) is 5.85. The van der Waals surface area contributed by atoms with E-state index in [2.05, 4.69) is 10.6 Å². The number of anilines is 2. The molecule has 1 fully saturated rings. The van der Waals surface area contributed by atoms with Crippen LogP contribution in [0.5, 0.6) is 0 Å². The molecule has 0 spiro atoms. The first-order valence-electron chi connectivity index (χ1n) is 10.8. The summed E-state index contributed by atoms with van der Waals surface area (Å²) in [5.41, 5.74) is 3.32. The Hall–Kier alpha value is -3.35. The van der Waals surface area contributed by atoms with Gasteiger partial charge in [-0.05, 0) is 42.3 Å². The van der Waals surface area contributed by atoms with Crippen LogP contribution in [0.1, 0.15) is 27.9 Å². The molecule has 1 saturated heterocycles. The lowest BCUT2D eigenvalue weighted by Crippen LogP contribution is -2.29. The van der Waals surface area contributed by atoms with Crippen LogP contribution in [0.4, 0.5) is 11.4 Å². The molecule has 0 aromatic heterocycles. The van der Waals surface area contributed by atoms with E-state index in [0.717, 1.165) is 11.1 Å². The van der Waals surface area contributed by atoms with Crippen LogP contribution >= 0.6 is 23.2 Å². The van der Waals surface area contributed by atoms with Gasteiger partial charge in [0.05, 0.1) is 32.9 Å². The number of nitrogens with zero attached hydrogens (tertiary/aromatic N) is 1. The second kappa shape index (κ2) is 10.3. The van der Waals surface area contributed by atoms with Crippen molar-refractivity contribution in [3.8, 4) is 0 Å². The highest BCUT2D eigenvalue weighted by Crippen LogP contribution is 2.36. The lowest BCUT2D eigenvalue weighted by molar-refractivity contribution is -0.122. The van der Waals surface area contributed by atoms with Gasteiger partial charge in [-0.1, -0.05) is 65.7 Å². The van der Waals surface area contributed by atoms with Crippen molar-refractivity contribution in [2.45, 2.75) is 19.9 Å². The van der Waals surface area contributed by atoms with Crippen molar-refractivity contribution in [1.29, 1.82) is 0 Å². The Morgan fingerprint density at radius 1 is 1.00 bits per heavy atom. The number of aryl methyl sites for hydroxylation is 1. The fourth-order valence-corrected chi connectivity index (χ4v) is 4.32. The summed E-state index contributed by atoms with van der Waals surface area (Å²) in [6.45, 7) is 2.53. The van der Waals surface area contributed by atoms with Crippen molar-refractivity contribution >= 4 is 52.3 Å². The van der Waals surface area contributed by atoms with Crippen LogP contribution in [0.2, 0.25) is 10.0 Å². The van der Waals surface area contributed by atoms with Crippen molar-refractivity contribution in [3.05, 3.63) is 93.5 Å². The molecule has 174 valence electrons. The van der Waals surface area contributed by atoms with Gasteiger partial charge in [-0.15, -0.1) is 0 Å². The van der Waals surface area contributed by atoms with Crippen molar-refractivity contribution in [2.24, 2.45) is 5.92 Å². The van der Waals surface area contributed by atoms with E-state index in [9.17, 15) is 14.4 Å². The summed E-state index contributed by atoms with van der Waals surface area (Å²) in [6, 6.07) is 19.6. The molecule has 34 heavy (non-hydrogen) atoms. The van der Waals surface area contributed by atoms with Crippen LogP contribution in [-0.4, -0.2) is 24.3 Å². The highest BCUT2D eigenvalue weighted by molar-refractivity contribution is 6.44. The summed E-state index contributed by atoms with van der Waals surface area (Å²) in [7, 11) is 0. The monoisotopic (exact) mass is 495 g/mol. The van der Waals surface area contributed by atoms with Gasteiger partial charge in [-0.3, -0.25) is 14.4 Å². The zero-order chi connectivity index (χ0) is 24.2. The molecule has 4 rings (SSSR count). The van der Waals surface area contributed by atoms with Crippen LogP contribution in [0.3, 0.4) is 0 Å². The molecule has 0 unspecified atom stereocenters. The van der Waals surface area contributed by atoms with Gasteiger partial charge in [0.25, 0.3) is 5.91 Å². The lowest BCUT2D eigenvalue weighted by Gasteiger charge is -2.19. The number of halogens is 2. The van der Waals surface area contributed by atoms with Crippen molar-refractivity contribution in [2.75, 3.05) is 16.8 Å². The molecule has 0 radical (unpaired) electrons. The quantitative estimate of drug-likeness (QED) is 0.491. The van der Waals surface area contributed by atoms with Gasteiger partial charge in [0, 0.05) is 19.5 Å². The Morgan fingerprint density at radius 2 is 1.74 bits per heavy atom. The molecule has 1 atom stereocenters. The third-order valence-corrected chi connectivity index (χ3v) is 6.66. The van der Waals surface area contributed by atoms with Gasteiger partial charge in [0.2, 0.25) is 11.8 Å². The van der Waals surface area contributed by atoms with Gasteiger partial charge in [-0.2, -0.15) is 0 Å². The number of carbonyl (C=O) groups is 3. The summed E-state index contributed by atoms with van der Waals surface area (Å²) >= 11 is 12.3. The largest absolute Gasteiger partial charge is 0.348 e. The van der Waals surface area contributed by atoms with E-state index < -0.39 is 5.92 Å². The normalized spacial score (nSPS) is 15.3. The van der Waals surface area contributed by atoms with Crippen LogP contribution in [-0.2, 0) is 16.1 Å². The molecule has 1 heterocycles. The number of para-hydroxylation sites is 1. The summed E-state index contributed by atoms with van der Waals surface area (Å²) in [5.74, 6) is -1.44. The van der Waals surface area contributed by atoms with Crippen molar-refractivity contribution in [3.63, 3.8) is 0 Å². The van der Waals surface area contributed by atoms with Gasteiger partial charge in [0.15, 0.2) is 0 Å². The first kappa shape index (κ1) is 23.8. The lowest BCUT2D eigenvalue weighted by atomic mass is 10.1. The van der Waals surface area contributed by atoms with Crippen molar-refractivity contribution in [1.82, 2.24) is 5.32 Å². The predicted molar refractivity (Wildman–Crippen MR) is 134 cm³/mol. The zero-order valence-corrected chi connectivity index (χ0v) is 20.0. The summed E-state index contributed by atoms with van der Waals surface area (Å²) in [5, 5.41) is 6.34. The molecule has 2 N–H and O–H groups in total. The highest BCUT2D eigenvalue weighted by Gasteiger charge is 2.36. The number of nitrogens with one attached hydrogen (secondary N) is 2. The topological polar surface area (TPSA) is 78.5 Å². The fraction of sp³-hybridized carbons (Fsp3) is 0.192. The Balaban J connectivity index is 1.45. The maximum atomic E-state index is 13.0. The van der Waals surface area contributed by atoms with Gasteiger partial charge in [-0.25, -0.2) is 0 Å². The van der Waals surface area contributed by atoms with Crippen molar-refractivity contribution < 1.29 is 14.4 Å². The van der Waals surface area contributed by atoms with Crippen LogP contribution in [0.15, 0.2) is 66.7 Å². The Bertz CT molecular complexity index is 1260. The molecule has 0 bridgehead atoms. The average Bonchev–Trinajstić information content (AvgIpc) is 3.22. The SMILES string of the molecule is Cc1ccccc1CNC(=O)c1ccccc1NC(=O)[C@H]1CC(=O)N(c2cccc(Cl)c2Cl)C1. The van der Waals surface area contributed by atoms with E-state index in [1.165, 1.54) is 4.90 Å². The van der Waals surface area contributed by atoms with E-state index in [0.29, 0.717) is 28.5 Å². The van der Waals surface area contributed by atoms with Gasteiger partial charge >= 0.3 is 0 Å². The molecule has 3 aromatic rings. The standard InChI is InChI=1S/C26H23Cl2N3O3/c1-16-7-2-3-8-17(16)14-29-26(34)19-9-4-5-11-21(19)30-25(33)18-13-23(32)31(15-18)22-12-6-10-20(27)24(22)28/h2-12,18H,13-15H2,1H3,(H,29,34)(H,30,33)/t18-/m0/s1. The first-order valence-corrected chi connectivity index (χ1v) is 11.6. The molecule has 0 saturated carbocycles. The number of hydrogen-bond donors (Lipinski definition) is 2. The smallest absolute Gasteiger partial charge is 0.253 e. The second-order valence-electron chi connectivity index (χ2n) is 8.12. The maximum Gasteiger partial charge on any atom is 0.253 e. The average molecular weight is 496 g/mol. The summed E-state index contributed by atoms with van der Waals surface area (Å²) in [4.78, 5) is 39.9. The predicted octanol–water partition coefficient (Wildman–Crippen LogP) is 5.22. The Kier molecular flexibility index (Phi) is 7.20. The number of carbonyl (C=O) groups excluding carboxylic acids is 3. The van der Waals surface area contributed by atoms with E-state index in [4.69, 9.17) is 23.2 Å². The van der Waals surface area contributed by atoms with Crippen LogP contribution in [0.25, 0.3) is 0 Å². The van der Waals surface area contributed by atoms with Gasteiger partial charge in [0.1, 0.15) is 0 Å². The minimum Gasteiger partial charge on any atom is -0.348 e. The summed E-state index contributed by atoms with van der Waals surface area (Å²) < 4.78 is 0. The van der Waals surface area contributed by atoms with Crippen LogP contribution in [0, 0.1) is 12.8 Å². The van der Waals surface area contributed by atoms with E-state index >= 15 is 0 Å². The molecular weight excluding hydrogens is 473 g/mol. The van der Waals surface area contributed by atoms with E-state index in [-0.39, 0.29) is 35.7 Å². The minimum absolute atomic E-state index is 0.0380. The van der Waals surface area contributed by atoms with E-state index in [1.807, 2.05) is 31.2 Å². The third kappa shape index (κ3) is 5.08. The number of amides is 3. The first-order chi connectivity index (χ1) is 16.3. The summed E-state index contributed by atoms with van der Waals surface area (Å²) in [6.07, 6.45) is 0.0380. The number of benzene rings is 3. The van der Waals surface area contributed by atoms with Gasteiger partial charge < -0.3 is 15.5 Å². The molecule has 1 aliphatic rings. The van der Waals surface area contributed by atoms with Crippen LogP contribution < -0.4 is 15.5 Å². The zero-order valence-electron chi connectivity index (χ0n) is 18.5. The molecule has 1 aliphatic heterocycles. The molecule has 3 aromatic carbocycles. The minimum atomic E-state index is -0.592. The number of hydrogen-bond acceptors (Lipinski definition) is 3. The number of rotatable bonds is 6. The Morgan fingerprint density at radius 3 is 2.53 bits per heavy atom. The molecule has 0 aliphatic carbocycles.